The van der Waals surface area contributed by atoms with Crippen molar-refractivity contribution in [2.75, 3.05) is 31.4 Å². The van der Waals surface area contributed by atoms with E-state index in [1.54, 1.807) is 17.8 Å². The molecule has 0 radical (unpaired) electrons. The highest BCUT2D eigenvalue weighted by Gasteiger charge is 2.38. The van der Waals surface area contributed by atoms with E-state index in [-0.39, 0.29) is 36.3 Å². The molecule has 1 aliphatic rings. The molecular weight excluding hydrogens is 733 g/mol. The number of alkyl halides is 6. The Morgan fingerprint density at radius 3 is 2.37 bits per heavy atom. The van der Waals surface area contributed by atoms with E-state index in [2.05, 4.69) is 4.72 Å². The van der Waals surface area contributed by atoms with Crippen molar-refractivity contribution in [2.24, 2.45) is 0 Å². The minimum Gasteiger partial charge on any atom is -0.454 e. The van der Waals surface area contributed by atoms with Crippen LogP contribution in [0, 0.1) is 0 Å². The van der Waals surface area contributed by atoms with Crippen molar-refractivity contribution in [3.05, 3.63) is 125 Å². The lowest BCUT2D eigenvalue weighted by atomic mass is 10.0. The Labute approximate surface area is 299 Å². The third-order valence-electron chi connectivity index (χ3n) is 8.30. The first-order valence-electron chi connectivity index (χ1n) is 15.8. The largest absolute Gasteiger partial charge is 0.454 e. The van der Waals surface area contributed by atoms with Gasteiger partial charge in [0.2, 0.25) is 16.8 Å². The minimum atomic E-state index is -5.03. The van der Waals surface area contributed by atoms with E-state index in [1.165, 1.54) is 35.0 Å². The highest BCUT2D eigenvalue weighted by Crippen LogP contribution is 2.38. The van der Waals surface area contributed by atoms with Gasteiger partial charge in [0.25, 0.3) is 5.91 Å². The Hall–Kier alpha value is -4.67. The zero-order chi connectivity index (χ0) is 37.1. The highest BCUT2D eigenvalue weighted by atomic mass is 32.2. The lowest BCUT2D eigenvalue weighted by molar-refractivity contribution is -0.143. The van der Waals surface area contributed by atoms with Crippen molar-refractivity contribution in [1.82, 2.24) is 14.2 Å². The molecule has 0 spiro atoms. The average molecular weight is 764 g/mol. The van der Waals surface area contributed by atoms with Gasteiger partial charge in [-0.25, -0.2) is 13.1 Å². The molecule has 0 atom stereocenters. The minimum absolute atomic E-state index is 0.00388. The molecule has 0 unspecified atom stereocenters. The SMILES string of the molecule is O=C(NS(=O)(=O)CCN(CCSc1ccccc1)Cc1ccc2c(c1)OCO2)c1ccc2c(ccn2Cc2ccc(C(F)(F)F)cc2C(F)(F)F)c1. The maximum absolute atomic E-state index is 13.7. The summed E-state index contributed by atoms with van der Waals surface area (Å²) in [5.74, 6) is 0.640. The molecular formula is C36H31F6N3O5S2. The van der Waals surface area contributed by atoms with E-state index >= 15 is 0 Å². The number of aromatic nitrogens is 1. The van der Waals surface area contributed by atoms with Gasteiger partial charge in [0, 0.05) is 59.5 Å². The van der Waals surface area contributed by atoms with Crippen LogP contribution >= 0.6 is 11.8 Å². The molecule has 0 saturated heterocycles. The molecule has 52 heavy (non-hydrogen) atoms. The zero-order valence-electron chi connectivity index (χ0n) is 27.2. The van der Waals surface area contributed by atoms with Crippen molar-refractivity contribution in [3.8, 4) is 11.5 Å². The van der Waals surface area contributed by atoms with Gasteiger partial charge in [-0.2, -0.15) is 26.3 Å². The van der Waals surface area contributed by atoms with Gasteiger partial charge in [-0.3, -0.25) is 9.69 Å². The number of sulfonamides is 1. The summed E-state index contributed by atoms with van der Waals surface area (Å²) in [6.45, 7) is 0.793. The smallest absolute Gasteiger partial charge is 0.416 e. The molecule has 274 valence electrons. The van der Waals surface area contributed by atoms with Gasteiger partial charge in [0.1, 0.15) is 0 Å². The Morgan fingerprint density at radius 2 is 1.62 bits per heavy atom. The second kappa shape index (κ2) is 15.1. The molecule has 1 aliphatic heterocycles. The number of fused-ring (bicyclic) bond motifs is 2. The van der Waals surface area contributed by atoms with Crippen LogP contribution in [0.15, 0.2) is 102 Å². The van der Waals surface area contributed by atoms with Crippen LogP contribution in [0.3, 0.4) is 0 Å². The summed E-state index contributed by atoms with van der Waals surface area (Å²) in [7, 11) is -4.11. The molecule has 0 bridgehead atoms. The number of hydrogen-bond acceptors (Lipinski definition) is 7. The Morgan fingerprint density at radius 1 is 0.846 bits per heavy atom. The van der Waals surface area contributed by atoms with E-state index in [0.29, 0.717) is 47.3 Å². The van der Waals surface area contributed by atoms with Gasteiger partial charge in [-0.05, 0) is 71.8 Å². The summed E-state index contributed by atoms with van der Waals surface area (Å²) in [6.07, 6.45) is -8.54. The van der Waals surface area contributed by atoms with Crippen LogP contribution in [0.25, 0.3) is 10.9 Å². The molecule has 0 saturated carbocycles. The number of thioether (sulfide) groups is 1. The standard InChI is InChI=1S/C36H31F6N3O5S2/c37-35(38,39)28-9-7-27(30(20-28)36(40,41)42)22-45-13-12-25-19-26(8-10-31(25)45)34(46)43-52(47,48)17-15-44(14-16-51-29-4-2-1-3-5-29)21-24-6-11-32-33(18-24)50-23-49-32/h1-13,18-20H,14-17,21-23H2,(H,43,46). The molecule has 1 amide bonds. The van der Waals surface area contributed by atoms with Crippen LogP contribution in [-0.2, 0) is 35.5 Å². The van der Waals surface area contributed by atoms with Crippen molar-refractivity contribution in [1.29, 1.82) is 0 Å². The predicted octanol–water partition coefficient (Wildman–Crippen LogP) is 7.81. The normalized spacial score (nSPS) is 13.2. The van der Waals surface area contributed by atoms with Gasteiger partial charge in [0.15, 0.2) is 11.5 Å². The Bertz CT molecular complexity index is 2170. The number of ether oxygens (including phenoxy) is 2. The van der Waals surface area contributed by atoms with Crippen LogP contribution in [0.1, 0.15) is 32.6 Å². The Balaban J connectivity index is 1.12. The summed E-state index contributed by atoms with van der Waals surface area (Å²) in [6, 6.07) is 22.4. The van der Waals surface area contributed by atoms with E-state index in [9.17, 15) is 39.6 Å². The van der Waals surface area contributed by atoms with Crippen LogP contribution in [0.5, 0.6) is 11.5 Å². The molecule has 6 rings (SSSR count). The lowest BCUT2D eigenvalue weighted by Crippen LogP contribution is -2.38. The molecule has 1 aromatic heterocycles. The first-order valence-corrected chi connectivity index (χ1v) is 18.5. The first-order chi connectivity index (χ1) is 24.6. The first kappa shape index (κ1) is 37.1. The Kier molecular flexibility index (Phi) is 10.8. The molecule has 4 aromatic carbocycles. The average Bonchev–Trinajstić information content (AvgIpc) is 3.73. The zero-order valence-corrected chi connectivity index (χ0v) is 28.8. The topological polar surface area (TPSA) is 89.9 Å². The predicted molar refractivity (Wildman–Crippen MR) is 184 cm³/mol. The van der Waals surface area contributed by atoms with E-state index < -0.39 is 46.0 Å². The maximum atomic E-state index is 13.7. The fraction of sp³-hybridized carbons (Fsp3) is 0.250. The molecule has 0 aliphatic carbocycles. The number of nitrogens with zero attached hydrogens (tertiary/aromatic N) is 2. The molecule has 8 nitrogen and oxygen atoms in total. The van der Waals surface area contributed by atoms with Crippen molar-refractivity contribution >= 4 is 38.6 Å². The third kappa shape index (κ3) is 9.21. The summed E-state index contributed by atoms with van der Waals surface area (Å²) in [5.41, 5.74) is -1.92. The summed E-state index contributed by atoms with van der Waals surface area (Å²) < 4.78 is 121. The third-order valence-corrected chi connectivity index (χ3v) is 10.5. The monoisotopic (exact) mass is 763 g/mol. The molecule has 5 aromatic rings. The molecule has 2 heterocycles. The molecule has 1 N–H and O–H groups in total. The van der Waals surface area contributed by atoms with Gasteiger partial charge in [-0.15, -0.1) is 11.8 Å². The number of nitrogens with one attached hydrogen (secondary N) is 1. The van der Waals surface area contributed by atoms with Crippen LogP contribution < -0.4 is 14.2 Å². The van der Waals surface area contributed by atoms with Gasteiger partial charge in [0.05, 0.1) is 16.9 Å². The second-order valence-corrected chi connectivity index (χ2v) is 15.0. The number of carbonyl (C=O) groups is 1. The summed E-state index contributed by atoms with van der Waals surface area (Å²) >= 11 is 1.63. The highest BCUT2D eigenvalue weighted by molar-refractivity contribution is 7.99. The maximum Gasteiger partial charge on any atom is 0.416 e. The van der Waals surface area contributed by atoms with E-state index in [0.717, 1.165) is 16.5 Å². The number of benzene rings is 4. The summed E-state index contributed by atoms with van der Waals surface area (Å²) in [5, 5.41) is 0.413. The van der Waals surface area contributed by atoms with Crippen molar-refractivity contribution in [2.45, 2.75) is 30.3 Å². The molecule has 16 heteroatoms. The number of halogens is 6. The number of hydrogen-bond donors (Lipinski definition) is 1. The van der Waals surface area contributed by atoms with Crippen LogP contribution in [-0.4, -0.2) is 55.2 Å². The fourth-order valence-electron chi connectivity index (χ4n) is 5.69. The van der Waals surface area contributed by atoms with E-state index in [4.69, 9.17) is 9.47 Å². The van der Waals surface area contributed by atoms with Crippen LogP contribution in [0.4, 0.5) is 26.3 Å². The lowest BCUT2D eigenvalue weighted by Gasteiger charge is -2.22. The van der Waals surface area contributed by atoms with Gasteiger partial charge < -0.3 is 14.0 Å². The van der Waals surface area contributed by atoms with Crippen LogP contribution in [0.2, 0.25) is 0 Å². The molecule has 0 fully saturated rings. The van der Waals surface area contributed by atoms with Gasteiger partial charge >= 0.3 is 12.4 Å². The van der Waals surface area contributed by atoms with Crippen molar-refractivity contribution in [3.63, 3.8) is 0 Å². The number of carbonyl (C=O) groups excluding carboxylic acids is 1. The number of amides is 1. The van der Waals surface area contributed by atoms with Gasteiger partial charge in [-0.1, -0.05) is 30.3 Å². The van der Waals surface area contributed by atoms with E-state index in [1.807, 2.05) is 47.4 Å². The van der Waals surface area contributed by atoms with Crippen molar-refractivity contribution < 1.29 is 49.0 Å². The summed E-state index contributed by atoms with van der Waals surface area (Å²) in [4.78, 5) is 16.1. The fourth-order valence-corrected chi connectivity index (χ4v) is 7.63. The quantitative estimate of drug-likeness (QED) is 0.0967. The second-order valence-electron chi connectivity index (χ2n) is 12.0. The number of rotatable bonds is 13.